The van der Waals surface area contributed by atoms with Gasteiger partial charge in [-0.3, -0.25) is 10.1 Å². The number of hydrogen-bond acceptors (Lipinski definition) is 4. The van der Waals surface area contributed by atoms with Gasteiger partial charge in [0.1, 0.15) is 0 Å². The zero-order valence-electron chi connectivity index (χ0n) is 10.8. The van der Waals surface area contributed by atoms with Crippen molar-refractivity contribution in [2.75, 3.05) is 11.9 Å². The molecule has 3 rings (SSSR count). The van der Waals surface area contributed by atoms with E-state index in [0.717, 1.165) is 11.3 Å². The Labute approximate surface area is 116 Å². The highest BCUT2D eigenvalue weighted by atomic mass is 16.6. The first-order valence-corrected chi connectivity index (χ1v) is 6.40. The van der Waals surface area contributed by atoms with Gasteiger partial charge in [0.2, 0.25) is 0 Å². The lowest BCUT2D eigenvalue weighted by atomic mass is 9.99. The van der Waals surface area contributed by atoms with Crippen molar-refractivity contribution in [2.24, 2.45) is 0 Å². The molecule has 0 saturated carbocycles. The second kappa shape index (κ2) is 5.30. The fraction of sp³-hybridized carbons (Fsp3) is 0.200. The summed E-state index contributed by atoms with van der Waals surface area (Å²) in [5.41, 5.74) is 3.15. The van der Waals surface area contributed by atoms with Crippen LogP contribution in [0.3, 0.4) is 0 Å². The van der Waals surface area contributed by atoms with E-state index in [9.17, 15) is 10.1 Å². The number of nitro benzene ring substituents is 1. The van der Waals surface area contributed by atoms with E-state index in [4.69, 9.17) is 4.74 Å². The molecule has 1 unspecified atom stereocenters. The van der Waals surface area contributed by atoms with Gasteiger partial charge in [-0.05, 0) is 17.2 Å². The standard InChI is InChI=1S/C15H14N2O3/c18-17(19)13-6-3-5-12(8-13)16-15-10-20-9-11-4-1-2-7-14(11)15/h1-8,15-16H,9-10H2. The molecule has 1 heterocycles. The molecule has 0 spiro atoms. The Morgan fingerprint density at radius 1 is 1.20 bits per heavy atom. The Balaban J connectivity index is 1.85. The molecular formula is C15H14N2O3. The highest BCUT2D eigenvalue weighted by molar-refractivity contribution is 5.53. The fourth-order valence-corrected chi connectivity index (χ4v) is 2.41. The monoisotopic (exact) mass is 270 g/mol. The SMILES string of the molecule is O=[N+]([O-])c1cccc(NC2COCc3ccccc32)c1. The Morgan fingerprint density at radius 2 is 2.05 bits per heavy atom. The molecule has 20 heavy (non-hydrogen) atoms. The van der Waals surface area contributed by atoms with Crippen LogP contribution in [0, 0.1) is 10.1 Å². The van der Waals surface area contributed by atoms with Crippen molar-refractivity contribution in [1.29, 1.82) is 0 Å². The van der Waals surface area contributed by atoms with Gasteiger partial charge in [-0.1, -0.05) is 30.3 Å². The maximum Gasteiger partial charge on any atom is 0.271 e. The average Bonchev–Trinajstić information content (AvgIpc) is 2.48. The molecule has 1 aliphatic rings. The molecule has 2 aromatic carbocycles. The number of hydrogen-bond donors (Lipinski definition) is 1. The summed E-state index contributed by atoms with van der Waals surface area (Å²) in [6.07, 6.45) is 0. The normalized spacial score (nSPS) is 17.3. The lowest BCUT2D eigenvalue weighted by molar-refractivity contribution is -0.384. The molecule has 0 radical (unpaired) electrons. The zero-order valence-corrected chi connectivity index (χ0v) is 10.8. The number of nitro groups is 1. The summed E-state index contributed by atoms with van der Waals surface area (Å²) in [5, 5.41) is 14.1. The molecule has 5 heteroatoms. The molecule has 0 amide bonds. The maximum absolute atomic E-state index is 10.8. The van der Waals surface area contributed by atoms with Crippen LogP contribution in [0.1, 0.15) is 17.2 Å². The van der Waals surface area contributed by atoms with Gasteiger partial charge in [-0.2, -0.15) is 0 Å². The van der Waals surface area contributed by atoms with Crippen LogP contribution in [0.5, 0.6) is 0 Å². The third-order valence-corrected chi connectivity index (χ3v) is 3.37. The van der Waals surface area contributed by atoms with Crippen molar-refractivity contribution >= 4 is 11.4 Å². The summed E-state index contributed by atoms with van der Waals surface area (Å²) < 4.78 is 5.56. The number of anilines is 1. The van der Waals surface area contributed by atoms with Crippen LogP contribution in [0.15, 0.2) is 48.5 Å². The highest BCUT2D eigenvalue weighted by Gasteiger charge is 2.20. The number of nitrogens with zero attached hydrogens (tertiary/aromatic N) is 1. The average molecular weight is 270 g/mol. The molecule has 5 nitrogen and oxygen atoms in total. The minimum atomic E-state index is -0.392. The number of rotatable bonds is 3. The summed E-state index contributed by atoms with van der Waals surface area (Å²) in [5.74, 6) is 0. The van der Waals surface area contributed by atoms with Crippen molar-refractivity contribution in [3.63, 3.8) is 0 Å². The molecule has 1 atom stereocenters. The second-order valence-electron chi connectivity index (χ2n) is 4.72. The summed E-state index contributed by atoms with van der Waals surface area (Å²) in [7, 11) is 0. The van der Waals surface area contributed by atoms with Crippen LogP contribution < -0.4 is 5.32 Å². The Bertz CT molecular complexity index is 643. The third kappa shape index (κ3) is 2.48. The Kier molecular flexibility index (Phi) is 3.35. The van der Waals surface area contributed by atoms with Crippen LogP contribution in [0.25, 0.3) is 0 Å². The van der Waals surface area contributed by atoms with Gasteiger partial charge in [0.15, 0.2) is 0 Å². The van der Waals surface area contributed by atoms with Crippen molar-refractivity contribution in [1.82, 2.24) is 0 Å². The van der Waals surface area contributed by atoms with E-state index in [0.29, 0.717) is 13.2 Å². The number of non-ortho nitro benzene ring substituents is 1. The van der Waals surface area contributed by atoms with Gasteiger partial charge in [0, 0.05) is 17.8 Å². The van der Waals surface area contributed by atoms with Crippen molar-refractivity contribution in [2.45, 2.75) is 12.6 Å². The molecule has 0 bridgehead atoms. The smallest absolute Gasteiger partial charge is 0.271 e. The lowest BCUT2D eigenvalue weighted by Gasteiger charge is -2.27. The van der Waals surface area contributed by atoms with Crippen LogP contribution in [-0.4, -0.2) is 11.5 Å². The first kappa shape index (κ1) is 12.6. The van der Waals surface area contributed by atoms with Gasteiger partial charge in [0.25, 0.3) is 5.69 Å². The number of nitrogens with one attached hydrogen (secondary N) is 1. The molecule has 0 saturated heterocycles. The van der Waals surface area contributed by atoms with Crippen molar-refractivity contribution in [3.8, 4) is 0 Å². The molecule has 102 valence electrons. The van der Waals surface area contributed by atoms with Crippen molar-refractivity contribution < 1.29 is 9.66 Å². The molecule has 0 fully saturated rings. The van der Waals surface area contributed by atoms with Gasteiger partial charge in [0.05, 0.1) is 24.2 Å². The van der Waals surface area contributed by atoms with E-state index in [1.54, 1.807) is 6.07 Å². The predicted molar refractivity (Wildman–Crippen MR) is 75.6 cm³/mol. The number of fused-ring (bicyclic) bond motifs is 1. The Hall–Kier alpha value is -2.40. The van der Waals surface area contributed by atoms with Gasteiger partial charge in [-0.25, -0.2) is 0 Å². The van der Waals surface area contributed by atoms with Crippen LogP contribution in [0.2, 0.25) is 0 Å². The van der Waals surface area contributed by atoms with E-state index >= 15 is 0 Å². The van der Waals surface area contributed by atoms with E-state index in [1.165, 1.54) is 17.7 Å². The van der Waals surface area contributed by atoms with Crippen LogP contribution in [0.4, 0.5) is 11.4 Å². The molecular weight excluding hydrogens is 256 g/mol. The maximum atomic E-state index is 10.8. The number of benzene rings is 2. The lowest BCUT2D eigenvalue weighted by Crippen LogP contribution is -2.23. The predicted octanol–water partition coefficient (Wildman–Crippen LogP) is 3.28. The van der Waals surface area contributed by atoms with Gasteiger partial charge >= 0.3 is 0 Å². The first-order chi connectivity index (χ1) is 9.74. The number of ether oxygens (including phenoxy) is 1. The minimum absolute atomic E-state index is 0.0157. The molecule has 0 aromatic heterocycles. The quantitative estimate of drug-likeness (QED) is 0.686. The second-order valence-corrected chi connectivity index (χ2v) is 4.72. The molecule has 0 aliphatic carbocycles. The van der Waals surface area contributed by atoms with E-state index in [-0.39, 0.29) is 11.7 Å². The third-order valence-electron chi connectivity index (χ3n) is 3.37. The highest BCUT2D eigenvalue weighted by Crippen LogP contribution is 2.28. The summed E-state index contributed by atoms with van der Waals surface area (Å²) in [4.78, 5) is 10.4. The van der Waals surface area contributed by atoms with Gasteiger partial charge in [-0.15, -0.1) is 0 Å². The first-order valence-electron chi connectivity index (χ1n) is 6.40. The Morgan fingerprint density at radius 3 is 2.90 bits per heavy atom. The topological polar surface area (TPSA) is 64.4 Å². The summed E-state index contributed by atoms with van der Waals surface area (Å²) in [6, 6.07) is 14.6. The molecule has 2 aromatic rings. The zero-order chi connectivity index (χ0) is 13.9. The largest absolute Gasteiger partial charge is 0.376 e. The van der Waals surface area contributed by atoms with E-state index < -0.39 is 4.92 Å². The van der Waals surface area contributed by atoms with Crippen LogP contribution >= 0.6 is 0 Å². The molecule has 1 N–H and O–H groups in total. The minimum Gasteiger partial charge on any atom is -0.376 e. The van der Waals surface area contributed by atoms with Crippen molar-refractivity contribution in [3.05, 3.63) is 69.8 Å². The summed E-state index contributed by atoms with van der Waals surface area (Å²) >= 11 is 0. The summed E-state index contributed by atoms with van der Waals surface area (Å²) in [6.45, 7) is 1.17. The molecule has 1 aliphatic heterocycles. The van der Waals surface area contributed by atoms with E-state index in [2.05, 4.69) is 11.4 Å². The van der Waals surface area contributed by atoms with Crippen LogP contribution in [-0.2, 0) is 11.3 Å². The van der Waals surface area contributed by atoms with E-state index in [1.807, 2.05) is 24.3 Å². The van der Waals surface area contributed by atoms with Gasteiger partial charge < -0.3 is 10.1 Å². The fourth-order valence-electron chi connectivity index (χ4n) is 2.41.